The SMILES string of the molecule is N#Cc1c2c(cc(F)c1-c1cccc3c1CCC3)CCCC2. The summed E-state index contributed by atoms with van der Waals surface area (Å²) in [4.78, 5) is 0. The molecule has 4 rings (SSSR count). The van der Waals surface area contributed by atoms with E-state index >= 15 is 0 Å². The van der Waals surface area contributed by atoms with Gasteiger partial charge in [0.1, 0.15) is 11.9 Å². The number of hydrogen-bond acceptors (Lipinski definition) is 1. The lowest BCUT2D eigenvalue weighted by molar-refractivity contribution is 0.616. The van der Waals surface area contributed by atoms with Crippen LogP contribution in [0.4, 0.5) is 4.39 Å². The van der Waals surface area contributed by atoms with Gasteiger partial charge in [-0.05, 0) is 78.8 Å². The van der Waals surface area contributed by atoms with Crippen LogP contribution in [0.1, 0.15) is 47.1 Å². The molecule has 2 aliphatic rings. The van der Waals surface area contributed by atoms with Crippen molar-refractivity contribution in [3.63, 3.8) is 0 Å². The molecule has 0 aliphatic heterocycles. The number of nitrogens with zero attached hydrogens (tertiary/aromatic N) is 1. The van der Waals surface area contributed by atoms with E-state index in [4.69, 9.17) is 0 Å². The number of rotatable bonds is 1. The minimum absolute atomic E-state index is 0.225. The van der Waals surface area contributed by atoms with Gasteiger partial charge >= 0.3 is 0 Å². The molecule has 0 atom stereocenters. The molecule has 0 saturated carbocycles. The minimum atomic E-state index is -0.225. The van der Waals surface area contributed by atoms with Gasteiger partial charge in [0.15, 0.2) is 0 Å². The Labute approximate surface area is 130 Å². The van der Waals surface area contributed by atoms with Gasteiger partial charge in [-0.3, -0.25) is 0 Å². The zero-order chi connectivity index (χ0) is 15.1. The van der Waals surface area contributed by atoms with Crippen LogP contribution in [0.5, 0.6) is 0 Å². The van der Waals surface area contributed by atoms with Crippen molar-refractivity contribution in [1.29, 1.82) is 5.26 Å². The second kappa shape index (κ2) is 5.25. The van der Waals surface area contributed by atoms with Gasteiger partial charge < -0.3 is 0 Å². The van der Waals surface area contributed by atoms with E-state index in [1.807, 2.05) is 12.1 Å². The van der Waals surface area contributed by atoms with Gasteiger partial charge in [-0.25, -0.2) is 4.39 Å². The van der Waals surface area contributed by atoms with Crippen LogP contribution in [0, 0.1) is 17.1 Å². The Kier molecular flexibility index (Phi) is 3.22. The number of benzene rings is 2. The highest BCUT2D eigenvalue weighted by molar-refractivity contribution is 5.77. The fourth-order valence-corrected chi connectivity index (χ4v) is 4.11. The van der Waals surface area contributed by atoms with E-state index in [1.165, 1.54) is 11.1 Å². The van der Waals surface area contributed by atoms with Crippen LogP contribution in [0.25, 0.3) is 11.1 Å². The molecule has 0 saturated heterocycles. The smallest absolute Gasteiger partial charge is 0.132 e. The standard InChI is InChI=1S/C20H18FN/c21-19-11-14-5-1-2-8-16(14)18(12-22)20(19)17-10-4-7-13-6-3-9-15(13)17/h4,7,10-11H,1-3,5-6,8-9H2. The highest BCUT2D eigenvalue weighted by atomic mass is 19.1. The Morgan fingerprint density at radius 3 is 2.55 bits per heavy atom. The maximum absolute atomic E-state index is 14.8. The van der Waals surface area contributed by atoms with Crippen LogP contribution < -0.4 is 0 Å². The van der Waals surface area contributed by atoms with E-state index in [9.17, 15) is 9.65 Å². The maximum atomic E-state index is 14.8. The van der Waals surface area contributed by atoms with Crippen molar-refractivity contribution in [1.82, 2.24) is 0 Å². The predicted octanol–water partition coefficient (Wildman–Crippen LogP) is 4.73. The number of nitriles is 1. The zero-order valence-corrected chi connectivity index (χ0v) is 12.6. The first-order valence-electron chi connectivity index (χ1n) is 8.15. The summed E-state index contributed by atoms with van der Waals surface area (Å²) in [6.07, 6.45) is 7.18. The molecule has 0 unspecified atom stereocenters. The van der Waals surface area contributed by atoms with Crippen LogP contribution in [0.2, 0.25) is 0 Å². The molecule has 2 heteroatoms. The normalized spacial score (nSPS) is 16.0. The highest BCUT2D eigenvalue weighted by Crippen LogP contribution is 2.39. The first kappa shape index (κ1) is 13.5. The summed E-state index contributed by atoms with van der Waals surface area (Å²) < 4.78 is 14.8. The average molecular weight is 291 g/mol. The number of halogens is 1. The Balaban J connectivity index is 2.00. The monoisotopic (exact) mass is 291 g/mol. The molecule has 0 aromatic heterocycles. The summed E-state index contributed by atoms with van der Waals surface area (Å²) in [5.41, 5.74) is 6.75. The molecular formula is C20H18FN. The average Bonchev–Trinajstić information content (AvgIpc) is 3.02. The highest BCUT2D eigenvalue weighted by Gasteiger charge is 2.24. The molecule has 110 valence electrons. The van der Waals surface area contributed by atoms with E-state index in [0.29, 0.717) is 11.1 Å². The van der Waals surface area contributed by atoms with Crippen LogP contribution in [-0.4, -0.2) is 0 Å². The number of aryl methyl sites for hydroxylation is 2. The van der Waals surface area contributed by atoms with Crippen LogP contribution in [0.15, 0.2) is 24.3 Å². The van der Waals surface area contributed by atoms with E-state index < -0.39 is 0 Å². The summed E-state index contributed by atoms with van der Waals surface area (Å²) in [6, 6.07) is 10.1. The van der Waals surface area contributed by atoms with Crippen molar-refractivity contribution in [3.8, 4) is 17.2 Å². The third-order valence-electron chi connectivity index (χ3n) is 5.13. The minimum Gasteiger partial charge on any atom is -0.206 e. The third kappa shape index (κ3) is 1.96. The fraction of sp³-hybridized carbons (Fsp3) is 0.350. The van der Waals surface area contributed by atoms with E-state index in [0.717, 1.165) is 61.6 Å². The first-order chi connectivity index (χ1) is 10.8. The molecule has 0 spiro atoms. The van der Waals surface area contributed by atoms with Crippen LogP contribution in [-0.2, 0) is 25.7 Å². The lowest BCUT2D eigenvalue weighted by Gasteiger charge is -2.21. The summed E-state index contributed by atoms with van der Waals surface area (Å²) in [6.45, 7) is 0. The molecule has 0 bridgehead atoms. The number of hydrogen-bond donors (Lipinski definition) is 0. The lowest BCUT2D eigenvalue weighted by atomic mass is 9.83. The molecule has 1 nitrogen and oxygen atoms in total. The molecule has 0 fully saturated rings. The molecule has 2 aliphatic carbocycles. The topological polar surface area (TPSA) is 23.8 Å². The lowest BCUT2D eigenvalue weighted by Crippen LogP contribution is -2.08. The molecule has 0 amide bonds. The van der Waals surface area contributed by atoms with Gasteiger partial charge in [0.25, 0.3) is 0 Å². The Hall–Kier alpha value is -2.14. The predicted molar refractivity (Wildman–Crippen MR) is 85.2 cm³/mol. The second-order valence-corrected chi connectivity index (χ2v) is 6.36. The molecular weight excluding hydrogens is 273 g/mol. The second-order valence-electron chi connectivity index (χ2n) is 6.36. The summed E-state index contributed by atoms with van der Waals surface area (Å²) in [7, 11) is 0. The zero-order valence-electron chi connectivity index (χ0n) is 12.6. The molecule has 2 aromatic rings. The van der Waals surface area contributed by atoms with Crippen molar-refractivity contribution in [2.75, 3.05) is 0 Å². The largest absolute Gasteiger partial charge is 0.206 e. The Morgan fingerprint density at radius 1 is 0.909 bits per heavy atom. The third-order valence-corrected chi connectivity index (χ3v) is 5.13. The summed E-state index contributed by atoms with van der Waals surface area (Å²) >= 11 is 0. The van der Waals surface area contributed by atoms with Gasteiger partial charge in [-0.1, -0.05) is 18.2 Å². The summed E-state index contributed by atoms with van der Waals surface area (Å²) in [5.74, 6) is -0.225. The van der Waals surface area contributed by atoms with Crippen LogP contribution >= 0.6 is 0 Å². The summed E-state index contributed by atoms with van der Waals surface area (Å²) in [5, 5.41) is 9.69. The molecule has 0 N–H and O–H groups in total. The van der Waals surface area contributed by atoms with Crippen molar-refractivity contribution in [2.24, 2.45) is 0 Å². The van der Waals surface area contributed by atoms with E-state index in [1.54, 1.807) is 6.07 Å². The van der Waals surface area contributed by atoms with Gasteiger partial charge in [-0.15, -0.1) is 0 Å². The molecule has 22 heavy (non-hydrogen) atoms. The maximum Gasteiger partial charge on any atom is 0.132 e. The quantitative estimate of drug-likeness (QED) is 0.745. The Morgan fingerprint density at radius 2 is 1.68 bits per heavy atom. The molecule has 0 radical (unpaired) electrons. The van der Waals surface area contributed by atoms with Crippen LogP contribution in [0.3, 0.4) is 0 Å². The van der Waals surface area contributed by atoms with Gasteiger partial charge in [-0.2, -0.15) is 5.26 Å². The van der Waals surface area contributed by atoms with Crippen molar-refractivity contribution < 1.29 is 4.39 Å². The van der Waals surface area contributed by atoms with Gasteiger partial charge in [0, 0.05) is 5.56 Å². The van der Waals surface area contributed by atoms with Crippen molar-refractivity contribution in [2.45, 2.75) is 44.9 Å². The first-order valence-corrected chi connectivity index (χ1v) is 8.15. The van der Waals surface area contributed by atoms with Crippen molar-refractivity contribution in [3.05, 3.63) is 57.9 Å². The molecule has 0 heterocycles. The van der Waals surface area contributed by atoms with Crippen molar-refractivity contribution >= 4 is 0 Å². The van der Waals surface area contributed by atoms with E-state index in [-0.39, 0.29) is 5.82 Å². The van der Waals surface area contributed by atoms with Gasteiger partial charge in [0.05, 0.1) is 5.56 Å². The molecule has 2 aromatic carbocycles. The van der Waals surface area contributed by atoms with Gasteiger partial charge in [0.2, 0.25) is 0 Å². The fourth-order valence-electron chi connectivity index (χ4n) is 4.11. The Bertz CT molecular complexity index is 798. The van der Waals surface area contributed by atoms with E-state index in [2.05, 4.69) is 12.1 Å². The number of fused-ring (bicyclic) bond motifs is 2.